The van der Waals surface area contributed by atoms with E-state index in [1.165, 1.54) is 18.3 Å². The number of benzene rings is 4. The molecule has 0 spiro atoms. The molecule has 4 heterocycles. The molecule has 4 aromatic carbocycles. The number of aromatic nitrogens is 2. The lowest BCUT2D eigenvalue weighted by molar-refractivity contribution is -0.120. The molecule has 13 heteroatoms. The summed E-state index contributed by atoms with van der Waals surface area (Å²) < 4.78 is 29.1. The van der Waals surface area contributed by atoms with Crippen molar-refractivity contribution in [1.29, 1.82) is 0 Å². The number of piperazine rings is 2. The fraction of sp³-hybridized carbons (Fsp3) is 0.244. The fourth-order valence-corrected chi connectivity index (χ4v) is 6.97. The van der Waals surface area contributed by atoms with Gasteiger partial charge in [-0.3, -0.25) is 14.8 Å². The van der Waals surface area contributed by atoms with E-state index < -0.39 is 5.82 Å². The molecule has 0 atom stereocenters. The van der Waals surface area contributed by atoms with Gasteiger partial charge in [0.05, 0.1) is 40.4 Å². The van der Waals surface area contributed by atoms with Crippen LogP contribution in [0.25, 0.3) is 21.8 Å². The van der Waals surface area contributed by atoms with Crippen molar-refractivity contribution in [2.75, 3.05) is 62.7 Å². The van der Waals surface area contributed by atoms with Crippen LogP contribution in [-0.2, 0) is 4.79 Å². The average molecular weight is 733 g/mol. The predicted molar refractivity (Wildman–Crippen MR) is 212 cm³/mol. The number of rotatable bonds is 6. The van der Waals surface area contributed by atoms with Crippen molar-refractivity contribution in [1.82, 2.24) is 20.2 Å². The molecule has 8 rings (SSSR count). The minimum Gasteiger partial charge on any atom is -0.494 e. The van der Waals surface area contributed by atoms with Gasteiger partial charge in [-0.1, -0.05) is 24.3 Å². The summed E-state index contributed by atoms with van der Waals surface area (Å²) in [5.74, 6) is -0.725. The third-order valence-electron chi connectivity index (χ3n) is 9.87. The zero-order valence-corrected chi connectivity index (χ0v) is 30.3. The lowest BCUT2D eigenvalue weighted by atomic mass is 10.1. The maximum atomic E-state index is 14.6. The Morgan fingerprint density at radius 1 is 0.685 bits per heavy atom. The third kappa shape index (κ3) is 7.62. The Morgan fingerprint density at radius 2 is 1.19 bits per heavy atom. The van der Waals surface area contributed by atoms with Crippen LogP contribution in [0.15, 0.2) is 82.8 Å². The number of carbonyl (C=O) groups is 1. The van der Waals surface area contributed by atoms with Crippen LogP contribution in [0.4, 0.5) is 31.5 Å². The molecule has 0 aliphatic carbocycles. The molecule has 5 N–H and O–H groups in total. The number of aliphatic imine (C=N–C) groups is 2. The van der Waals surface area contributed by atoms with E-state index in [-0.39, 0.29) is 30.0 Å². The molecule has 0 saturated carbocycles. The summed E-state index contributed by atoms with van der Waals surface area (Å²) in [6.45, 7) is 8.63. The summed E-state index contributed by atoms with van der Waals surface area (Å²) in [7, 11) is 2.08. The van der Waals surface area contributed by atoms with Crippen LogP contribution >= 0.6 is 0 Å². The molecule has 2 aliphatic heterocycles. The van der Waals surface area contributed by atoms with Crippen LogP contribution in [0.2, 0.25) is 0 Å². The van der Waals surface area contributed by atoms with E-state index in [0.717, 1.165) is 59.1 Å². The minimum absolute atomic E-state index is 0.0273. The Morgan fingerprint density at radius 3 is 1.67 bits per heavy atom. The number of carbonyl (C=O) groups excluding carboxylic acids is 1. The van der Waals surface area contributed by atoms with Crippen LogP contribution in [-0.4, -0.2) is 96.3 Å². The Bertz CT molecular complexity index is 2390. The molecule has 54 heavy (non-hydrogen) atoms. The second-order valence-electron chi connectivity index (χ2n) is 13.6. The number of nitrogens with one attached hydrogen (secondary N) is 3. The van der Waals surface area contributed by atoms with Crippen molar-refractivity contribution in [3.8, 4) is 11.8 Å². The van der Waals surface area contributed by atoms with Gasteiger partial charge in [-0.05, 0) is 68.4 Å². The Balaban J connectivity index is 0.000000167. The highest BCUT2D eigenvalue weighted by Gasteiger charge is 2.20. The fourth-order valence-electron chi connectivity index (χ4n) is 6.97. The van der Waals surface area contributed by atoms with Crippen molar-refractivity contribution in [3.05, 3.63) is 107 Å². The number of amides is 1. The molecular formula is C41H42F2N8O3. The number of likely N-dealkylation sites (N-methyl/N-ethyl adjacent to an activating group) is 1. The van der Waals surface area contributed by atoms with Gasteiger partial charge in [0.1, 0.15) is 11.6 Å². The summed E-state index contributed by atoms with van der Waals surface area (Å²) in [6, 6.07) is 21.3. The van der Waals surface area contributed by atoms with Gasteiger partial charge in [-0.2, -0.15) is 0 Å². The first-order valence-electron chi connectivity index (χ1n) is 17.8. The number of aromatic hydroxyl groups is 2. The van der Waals surface area contributed by atoms with Crippen molar-refractivity contribution in [2.45, 2.75) is 13.8 Å². The zero-order valence-electron chi connectivity index (χ0n) is 30.3. The first-order valence-corrected chi connectivity index (χ1v) is 17.8. The van der Waals surface area contributed by atoms with Gasteiger partial charge < -0.3 is 40.2 Å². The Labute approximate surface area is 311 Å². The summed E-state index contributed by atoms with van der Waals surface area (Å²) in [5.41, 5.74) is 6.86. The van der Waals surface area contributed by atoms with Crippen LogP contribution in [0, 0.1) is 25.5 Å². The third-order valence-corrected chi connectivity index (χ3v) is 9.87. The number of aryl methyl sites for hydroxylation is 2. The monoisotopic (exact) mass is 732 g/mol. The summed E-state index contributed by atoms with van der Waals surface area (Å²) in [4.78, 5) is 32.1. The van der Waals surface area contributed by atoms with E-state index >= 15 is 0 Å². The highest BCUT2D eigenvalue weighted by molar-refractivity contribution is 6.05. The Kier molecular flexibility index (Phi) is 10.3. The predicted octanol–water partition coefficient (Wildman–Crippen LogP) is 6.83. The van der Waals surface area contributed by atoms with Gasteiger partial charge >= 0.3 is 0 Å². The van der Waals surface area contributed by atoms with Gasteiger partial charge in [0.25, 0.3) is 0 Å². The summed E-state index contributed by atoms with van der Waals surface area (Å²) >= 11 is 0. The SMILES string of the molecule is Cc1cccc2[nH]c(O)c(C=Nc3ccc(N4CCN(C)CC4)c(F)c3)c12.Cc1cccc2[nH]c(O)c(C=Nc3ccc(N4CCNC(=O)C4)c(F)c3)c12. The molecule has 0 bridgehead atoms. The van der Waals surface area contributed by atoms with Crippen LogP contribution in [0.5, 0.6) is 11.8 Å². The number of hydrogen-bond donors (Lipinski definition) is 5. The molecule has 2 saturated heterocycles. The first-order chi connectivity index (χ1) is 26.0. The zero-order chi connectivity index (χ0) is 37.9. The second-order valence-corrected chi connectivity index (χ2v) is 13.6. The largest absolute Gasteiger partial charge is 0.494 e. The molecule has 0 unspecified atom stereocenters. The molecule has 2 aromatic heterocycles. The summed E-state index contributed by atoms with van der Waals surface area (Å²) in [5, 5.41) is 24.9. The normalized spacial score (nSPS) is 15.4. The number of halogens is 2. The molecule has 2 fully saturated rings. The quantitative estimate of drug-likeness (QED) is 0.119. The first kappa shape index (κ1) is 36.2. The van der Waals surface area contributed by atoms with E-state index in [1.54, 1.807) is 29.3 Å². The van der Waals surface area contributed by atoms with E-state index in [9.17, 15) is 23.8 Å². The van der Waals surface area contributed by atoms with Crippen molar-refractivity contribution < 1.29 is 23.8 Å². The van der Waals surface area contributed by atoms with E-state index in [0.29, 0.717) is 47.0 Å². The van der Waals surface area contributed by atoms with E-state index in [1.807, 2.05) is 56.3 Å². The maximum Gasteiger partial charge on any atom is 0.239 e. The number of hydrogen-bond acceptors (Lipinski definition) is 8. The lowest BCUT2D eigenvalue weighted by Gasteiger charge is -2.34. The van der Waals surface area contributed by atoms with E-state index in [2.05, 4.69) is 42.1 Å². The maximum absolute atomic E-state index is 14.6. The van der Waals surface area contributed by atoms with Gasteiger partial charge in [-0.15, -0.1) is 0 Å². The second kappa shape index (κ2) is 15.4. The van der Waals surface area contributed by atoms with Crippen LogP contribution < -0.4 is 15.1 Å². The Hall–Kier alpha value is -6.21. The smallest absolute Gasteiger partial charge is 0.239 e. The van der Waals surface area contributed by atoms with Gasteiger partial charge in [0.2, 0.25) is 5.91 Å². The van der Waals surface area contributed by atoms with Crippen LogP contribution in [0.1, 0.15) is 22.3 Å². The van der Waals surface area contributed by atoms with Gasteiger partial charge in [0, 0.05) is 85.6 Å². The number of fused-ring (bicyclic) bond motifs is 2. The highest BCUT2D eigenvalue weighted by atomic mass is 19.1. The van der Waals surface area contributed by atoms with Gasteiger partial charge in [0.15, 0.2) is 11.8 Å². The standard InChI is InChI=1S/C21H23FN4O.C20H19FN4O2/c1-14-4-3-5-18-20(14)16(21(27)24-18)13-23-15-6-7-19(17(22)12-15)26-10-8-25(2)9-11-26;1-12-3-2-4-16-19(12)14(20(27)24-16)10-23-13-5-6-17(15(21)9-13)25-8-7-22-18(26)11-25/h3-7,12-13,24,27H,8-11H2,1-2H3;2-6,9-10,24,27H,7-8,11H2,1H3,(H,22,26). The van der Waals surface area contributed by atoms with E-state index in [4.69, 9.17) is 0 Å². The molecule has 2 aliphatic rings. The van der Waals surface area contributed by atoms with Crippen molar-refractivity contribution in [3.63, 3.8) is 0 Å². The topological polar surface area (TPSA) is 136 Å². The van der Waals surface area contributed by atoms with Crippen molar-refractivity contribution >= 4 is 62.9 Å². The lowest BCUT2D eigenvalue weighted by Crippen LogP contribution is -2.48. The number of anilines is 2. The molecule has 278 valence electrons. The van der Waals surface area contributed by atoms with Crippen molar-refractivity contribution in [2.24, 2.45) is 9.98 Å². The number of nitrogens with zero attached hydrogens (tertiary/aromatic N) is 5. The molecule has 0 radical (unpaired) electrons. The highest BCUT2D eigenvalue weighted by Crippen LogP contribution is 2.32. The number of H-pyrrole nitrogens is 2. The average Bonchev–Trinajstić information content (AvgIpc) is 3.66. The summed E-state index contributed by atoms with van der Waals surface area (Å²) in [6.07, 6.45) is 3.12. The molecular weight excluding hydrogens is 690 g/mol. The minimum atomic E-state index is -0.432. The van der Waals surface area contributed by atoms with Crippen LogP contribution in [0.3, 0.4) is 0 Å². The number of aromatic amines is 2. The molecule has 11 nitrogen and oxygen atoms in total. The molecule has 1 amide bonds. The molecule has 6 aromatic rings. The van der Waals surface area contributed by atoms with Gasteiger partial charge in [-0.25, -0.2) is 8.78 Å².